The zero-order valence-electron chi connectivity index (χ0n) is 13.5. The van der Waals surface area contributed by atoms with Crippen LogP contribution in [0.2, 0.25) is 0 Å². The predicted octanol–water partition coefficient (Wildman–Crippen LogP) is 3.80. The van der Waals surface area contributed by atoms with Crippen LogP contribution >= 0.6 is 39.9 Å². The first-order valence-corrected chi connectivity index (χ1v) is 8.22. The summed E-state index contributed by atoms with van der Waals surface area (Å²) in [6.45, 7) is 1.29. The van der Waals surface area contributed by atoms with Gasteiger partial charge in [0.2, 0.25) is 6.79 Å². The summed E-state index contributed by atoms with van der Waals surface area (Å²) in [5.41, 5.74) is 1.88. The van der Waals surface area contributed by atoms with E-state index in [-0.39, 0.29) is 36.6 Å². The number of hydrogen-bond acceptors (Lipinski definition) is 3. The molecule has 0 radical (unpaired) electrons. The number of nitrogens with zero attached hydrogens (tertiary/aromatic N) is 1. The summed E-state index contributed by atoms with van der Waals surface area (Å²) in [6, 6.07) is 10.4. The van der Waals surface area contributed by atoms with Gasteiger partial charge in [0.05, 0.1) is 4.47 Å². The van der Waals surface area contributed by atoms with Crippen molar-refractivity contribution < 1.29 is 13.9 Å². The molecule has 0 spiro atoms. The fourth-order valence-electron chi connectivity index (χ4n) is 2.36. The highest BCUT2D eigenvalue weighted by Crippen LogP contribution is 2.39. The van der Waals surface area contributed by atoms with Crippen LogP contribution in [0.25, 0.3) is 0 Å². The number of nitrogens with one attached hydrogen (secondary N) is 2. The Morgan fingerprint density at radius 1 is 1.16 bits per heavy atom. The molecule has 0 bridgehead atoms. The van der Waals surface area contributed by atoms with Gasteiger partial charge in [-0.1, -0.05) is 12.1 Å². The molecule has 0 amide bonds. The molecule has 3 rings (SSSR count). The number of halogens is 3. The van der Waals surface area contributed by atoms with E-state index in [9.17, 15) is 4.39 Å². The SMILES string of the molecule is CN=C(NCc1cccc(F)c1)NCc1cc(Br)c2c(c1)OCO2.I. The smallest absolute Gasteiger partial charge is 0.231 e. The molecule has 1 heterocycles. The Balaban J connectivity index is 0.00000225. The largest absolute Gasteiger partial charge is 0.454 e. The van der Waals surface area contributed by atoms with Crippen molar-refractivity contribution in [3.05, 3.63) is 57.8 Å². The number of fused-ring (bicyclic) bond motifs is 1. The molecule has 2 aromatic carbocycles. The van der Waals surface area contributed by atoms with Crippen LogP contribution in [-0.2, 0) is 13.1 Å². The molecule has 8 heteroatoms. The maximum Gasteiger partial charge on any atom is 0.231 e. The normalized spacial score (nSPS) is 12.5. The Labute approximate surface area is 171 Å². The molecule has 2 N–H and O–H groups in total. The minimum Gasteiger partial charge on any atom is -0.454 e. The van der Waals surface area contributed by atoms with Crippen LogP contribution in [0.15, 0.2) is 45.9 Å². The molecule has 25 heavy (non-hydrogen) atoms. The molecule has 0 atom stereocenters. The van der Waals surface area contributed by atoms with E-state index in [4.69, 9.17) is 9.47 Å². The molecule has 1 aliphatic rings. The van der Waals surface area contributed by atoms with Crippen molar-refractivity contribution in [3.63, 3.8) is 0 Å². The van der Waals surface area contributed by atoms with Gasteiger partial charge in [-0.25, -0.2) is 4.39 Å². The van der Waals surface area contributed by atoms with Gasteiger partial charge in [0.25, 0.3) is 0 Å². The standard InChI is InChI=1S/C17H17BrFN3O2.HI/c1-20-17(21-8-11-3-2-4-13(19)5-11)22-9-12-6-14(18)16-15(7-12)23-10-24-16;/h2-7H,8-10H2,1H3,(H2,20,21,22);1H. The van der Waals surface area contributed by atoms with E-state index < -0.39 is 0 Å². The van der Waals surface area contributed by atoms with E-state index in [0.29, 0.717) is 19.0 Å². The first kappa shape index (κ1) is 19.8. The third-order valence-electron chi connectivity index (χ3n) is 3.52. The molecule has 0 aromatic heterocycles. The monoisotopic (exact) mass is 521 g/mol. The maximum absolute atomic E-state index is 13.2. The molecule has 0 unspecified atom stereocenters. The molecular weight excluding hydrogens is 504 g/mol. The molecular formula is C17H18BrFIN3O2. The van der Waals surface area contributed by atoms with Gasteiger partial charge >= 0.3 is 0 Å². The van der Waals surface area contributed by atoms with E-state index in [0.717, 1.165) is 27.1 Å². The highest BCUT2D eigenvalue weighted by Gasteiger charge is 2.17. The lowest BCUT2D eigenvalue weighted by molar-refractivity contribution is 0.173. The van der Waals surface area contributed by atoms with Gasteiger partial charge in [0.1, 0.15) is 5.82 Å². The summed E-state index contributed by atoms with van der Waals surface area (Å²) < 4.78 is 24.8. The maximum atomic E-state index is 13.2. The summed E-state index contributed by atoms with van der Waals surface area (Å²) >= 11 is 3.48. The highest BCUT2D eigenvalue weighted by atomic mass is 127. The van der Waals surface area contributed by atoms with Gasteiger partial charge in [0, 0.05) is 20.1 Å². The summed E-state index contributed by atoms with van der Waals surface area (Å²) in [5.74, 6) is 1.84. The van der Waals surface area contributed by atoms with Crippen molar-refractivity contribution in [2.24, 2.45) is 4.99 Å². The van der Waals surface area contributed by atoms with E-state index in [1.807, 2.05) is 18.2 Å². The van der Waals surface area contributed by atoms with E-state index >= 15 is 0 Å². The van der Waals surface area contributed by atoms with Crippen LogP contribution in [0, 0.1) is 5.82 Å². The summed E-state index contributed by atoms with van der Waals surface area (Å²) in [7, 11) is 1.69. The molecule has 2 aromatic rings. The summed E-state index contributed by atoms with van der Waals surface area (Å²) in [5, 5.41) is 6.37. The predicted molar refractivity (Wildman–Crippen MR) is 109 cm³/mol. The number of guanidine groups is 1. The van der Waals surface area contributed by atoms with E-state index in [1.165, 1.54) is 12.1 Å². The molecule has 5 nitrogen and oxygen atoms in total. The van der Waals surface area contributed by atoms with Crippen molar-refractivity contribution in [3.8, 4) is 11.5 Å². The molecule has 0 saturated carbocycles. The van der Waals surface area contributed by atoms with Crippen molar-refractivity contribution in [2.75, 3.05) is 13.8 Å². The fourth-order valence-corrected chi connectivity index (χ4v) is 2.97. The topological polar surface area (TPSA) is 54.9 Å². The van der Waals surface area contributed by atoms with Crippen molar-refractivity contribution in [2.45, 2.75) is 13.1 Å². The number of rotatable bonds is 4. The van der Waals surface area contributed by atoms with Crippen molar-refractivity contribution in [1.82, 2.24) is 10.6 Å². The molecule has 0 fully saturated rings. The van der Waals surface area contributed by atoms with Crippen LogP contribution in [0.5, 0.6) is 11.5 Å². The Morgan fingerprint density at radius 3 is 2.64 bits per heavy atom. The Kier molecular flexibility index (Phi) is 7.30. The second-order valence-electron chi connectivity index (χ2n) is 5.22. The first-order valence-electron chi connectivity index (χ1n) is 7.42. The third-order valence-corrected chi connectivity index (χ3v) is 4.11. The number of aliphatic imine (C=N–C) groups is 1. The second-order valence-corrected chi connectivity index (χ2v) is 6.08. The van der Waals surface area contributed by atoms with Gasteiger partial charge in [-0.05, 0) is 51.3 Å². The lowest BCUT2D eigenvalue weighted by atomic mass is 10.2. The third kappa shape index (κ3) is 5.21. The fraction of sp³-hybridized carbons (Fsp3) is 0.235. The second kappa shape index (κ2) is 9.23. The average molecular weight is 522 g/mol. The van der Waals surface area contributed by atoms with Gasteiger partial charge in [0.15, 0.2) is 17.5 Å². The summed E-state index contributed by atoms with van der Waals surface area (Å²) in [4.78, 5) is 4.17. The van der Waals surface area contributed by atoms with Crippen LogP contribution in [-0.4, -0.2) is 19.8 Å². The molecule has 1 aliphatic heterocycles. The minimum absolute atomic E-state index is 0. The quantitative estimate of drug-likeness (QED) is 0.365. The Bertz CT molecular complexity index is 774. The van der Waals surface area contributed by atoms with Gasteiger partial charge in [-0.2, -0.15) is 0 Å². The van der Waals surface area contributed by atoms with Crippen LogP contribution in [0.3, 0.4) is 0 Å². The minimum atomic E-state index is -0.248. The van der Waals surface area contributed by atoms with Crippen molar-refractivity contribution >= 4 is 45.9 Å². The zero-order chi connectivity index (χ0) is 16.9. The first-order chi connectivity index (χ1) is 11.7. The van der Waals surface area contributed by atoms with E-state index in [1.54, 1.807) is 13.1 Å². The molecule has 0 aliphatic carbocycles. The van der Waals surface area contributed by atoms with Gasteiger partial charge < -0.3 is 20.1 Å². The Morgan fingerprint density at radius 2 is 1.92 bits per heavy atom. The number of ether oxygens (including phenoxy) is 2. The summed E-state index contributed by atoms with van der Waals surface area (Å²) in [6.07, 6.45) is 0. The molecule has 0 saturated heterocycles. The zero-order valence-corrected chi connectivity index (χ0v) is 17.4. The van der Waals surface area contributed by atoms with Crippen LogP contribution in [0.4, 0.5) is 4.39 Å². The van der Waals surface area contributed by atoms with Crippen LogP contribution in [0.1, 0.15) is 11.1 Å². The van der Waals surface area contributed by atoms with Crippen molar-refractivity contribution in [1.29, 1.82) is 0 Å². The highest BCUT2D eigenvalue weighted by molar-refractivity contribution is 14.0. The number of hydrogen-bond donors (Lipinski definition) is 2. The van der Waals surface area contributed by atoms with Crippen LogP contribution < -0.4 is 20.1 Å². The number of benzene rings is 2. The average Bonchev–Trinajstić information content (AvgIpc) is 3.04. The van der Waals surface area contributed by atoms with Gasteiger partial charge in [-0.3, -0.25) is 4.99 Å². The molecule has 134 valence electrons. The lowest BCUT2D eigenvalue weighted by Crippen LogP contribution is -2.36. The Hall–Kier alpha value is -1.55. The lowest BCUT2D eigenvalue weighted by Gasteiger charge is -2.13. The van der Waals surface area contributed by atoms with Gasteiger partial charge in [-0.15, -0.1) is 24.0 Å². The van der Waals surface area contributed by atoms with E-state index in [2.05, 4.69) is 31.6 Å².